The Morgan fingerprint density at radius 2 is 2.05 bits per heavy atom. The lowest BCUT2D eigenvalue weighted by atomic mass is 9.86. The van der Waals surface area contributed by atoms with Crippen LogP contribution in [-0.2, 0) is 0 Å². The predicted octanol–water partition coefficient (Wildman–Crippen LogP) is 2.61. The number of hydrogen-bond donors (Lipinski definition) is 2. The molecule has 0 amide bonds. The molecule has 2 aromatic heterocycles. The van der Waals surface area contributed by atoms with Crippen molar-refractivity contribution in [3.05, 3.63) is 35.6 Å². The number of anilines is 1. The van der Waals surface area contributed by atoms with Crippen molar-refractivity contribution in [2.24, 2.45) is 0 Å². The standard InChI is InChI=1S/C15H18N4O3/c1-9-16-14(22-19-9)10-5-7-11(8-6-10)17-13-4-2-3-12(18-13)15(20)21/h2-4,10-11H,5-8H2,1H3,(H,17,18)(H,20,21). The van der Waals surface area contributed by atoms with Crippen molar-refractivity contribution in [2.75, 3.05) is 5.32 Å². The molecule has 1 saturated carbocycles. The van der Waals surface area contributed by atoms with Gasteiger partial charge in [0.05, 0.1) is 0 Å². The molecule has 7 nitrogen and oxygen atoms in total. The monoisotopic (exact) mass is 302 g/mol. The van der Waals surface area contributed by atoms with Crippen LogP contribution in [0.3, 0.4) is 0 Å². The van der Waals surface area contributed by atoms with Gasteiger partial charge in [0.2, 0.25) is 5.89 Å². The zero-order valence-corrected chi connectivity index (χ0v) is 12.3. The van der Waals surface area contributed by atoms with E-state index in [1.54, 1.807) is 12.1 Å². The summed E-state index contributed by atoms with van der Waals surface area (Å²) >= 11 is 0. The third-order valence-electron chi connectivity index (χ3n) is 3.94. The number of hydrogen-bond acceptors (Lipinski definition) is 6. The maximum Gasteiger partial charge on any atom is 0.354 e. The minimum absolute atomic E-state index is 0.0556. The number of aryl methyl sites for hydroxylation is 1. The summed E-state index contributed by atoms with van der Waals surface area (Å²) in [4.78, 5) is 19.3. The van der Waals surface area contributed by atoms with Gasteiger partial charge in [-0.15, -0.1) is 0 Å². The molecule has 1 fully saturated rings. The van der Waals surface area contributed by atoms with E-state index in [0.717, 1.165) is 31.6 Å². The van der Waals surface area contributed by atoms with Gasteiger partial charge in [-0.1, -0.05) is 11.2 Å². The van der Waals surface area contributed by atoms with Gasteiger partial charge in [-0.3, -0.25) is 0 Å². The summed E-state index contributed by atoms with van der Waals surface area (Å²) in [6.07, 6.45) is 3.87. The summed E-state index contributed by atoms with van der Waals surface area (Å²) in [6, 6.07) is 5.27. The third-order valence-corrected chi connectivity index (χ3v) is 3.94. The zero-order valence-electron chi connectivity index (χ0n) is 12.3. The molecule has 0 bridgehead atoms. The fourth-order valence-electron chi connectivity index (χ4n) is 2.81. The lowest BCUT2D eigenvalue weighted by Gasteiger charge is -2.27. The molecule has 0 unspecified atom stereocenters. The van der Waals surface area contributed by atoms with Crippen LogP contribution in [0.15, 0.2) is 22.7 Å². The fraction of sp³-hybridized carbons (Fsp3) is 0.467. The van der Waals surface area contributed by atoms with Gasteiger partial charge in [0, 0.05) is 12.0 Å². The molecule has 7 heteroatoms. The van der Waals surface area contributed by atoms with Crippen LogP contribution in [0.4, 0.5) is 5.82 Å². The second-order valence-corrected chi connectivity index (χ2v) is 5.59. The number of pyridine rings is 1. The molecule has 116 valence electrons. The minimum Gasteiger partial charge on any atom is -0.477 e. The highest BCUT2D eigenvalue weighted by atomic mass is 16.5. The molecule has 22 heavy (non-hydrogen) atoms. The Balaban J connectivity index is 1.58. The zero-order chi connectivity index (χ0) is 15.5. The van der Waals surface area contributed by atoms with E-state index in [9.17, 15) is 4.79 Å². The number of carboxylic acid groups (broad SMARTS) is 1. The summed E-state index contributed by atoms with van der Waals surface area (Å²) in [6.45, 7) is 1.82. The molecule has 2 N–H and O–H groups in total. The van der Waals surface area contributed by atoms with Crippen LogP contribution in [0.1, 0.15) is 53.8 Å². The van der Waals surface area contributed by atoms with E-state index in [2.05, 4.69) is 20.4 Å². The quantitative estimate of drug-likeness (QED) is 0.895. The molecular weight excluding hydrogens is 284 g/mol. The molecular formula is C15H18N4O3. The van der Waals surface area contributed by atoms with Crippen molar-refractivity contribution in [3.8, 4) is 0 Å². The van der Waals surface area contributed by atoms with Crippen molar-refractivity contribution in [1.29, 1.82) is 0 Å². The van der Waals surface area contributed by atoms with Gasteiger partial charge >= 0.3 is 5.97 Å². The highest BCUT2D eigenvalue weighted by Crippen LogP contribution is 2.32. The maximum absolute atomic E-state index is 10.9. The number of rotatable bonds is 4. The summed E-state index contributed by atoms with van der Waals surface area (Å²) in [7, 11) is 0. The SMILES string of the molecule is Cc1noc(C2CCC(Nc3cccc(C(=O)O)n3)CC2)n1. The molecule has 0 atom stereocenters. The van der Waals surface area contributed by atoms with E-state index in [4.69, 9.17) is 9.63 Å². The number of nitrogens with one attached hydrogen (secondary N) is 1. The van der Waals surface area contributed by atoms with E-state index in [0.29, 0.717) is 17.6 Å². The summed E-state index contributed by atoms with van der Waals surface area (Å²) < 4.78 is 5.24. The summed E-state index contributed by atoms with van der Waals surface area (Å²) in [5.41, 5.74) is 0.0556. The number of carbonyl (C=O) groups is 1. The number of aromatic carboxylic acids is 1. The van der Waals surface area contributed by atoms with Crippen LogP contribution in [0.25, 0.3) is 0 Å². The first kappa shape index (κ1) is 14.5. The van der Waals surface area contributed by atoms with Crippen molar-refractivity contribution < 1.29 is 14.4 Å². The Morgan fingerprint density at radius 3 is 2.68 bits per heavy atom. The van der Waals surface area contributed by atoms with E-state index < -0.39 is 5.97 Å². The van der Waals surface area contributed by atoms with Gasteiger partial charge < -0.3 is 14.9 Å². The van der Waals surface area contributed by atoms with Crippen molar-refractivity contribution in [1.82, 2.24) is 15.1 Å². The molecule has 1 aliphatic carbocycles. The topological polar surface area (TPSA) is 101 Å². The summed E-state index contributed by atoms with van der Waals surface area (Å²) in [5, 5.41) is 16.1. The second-order valence-electron chi connectivity index (χ2n) is 5.59. The molecule has 0 spiro atoms. The first-order chi connectivity index (χ1) is 10.6. The molecule has 1 aliphatic rings. The van der Waals surface area contributed by atoms with Crippen LogP contribution >= 0.6 is 0 Å². The lowest BCUT2D eigenvalue weighted by Crippen LogP contribution is -2.26. The first-order valence-corrected chi connectivity index (χ1v) is 7.39. The average molecular weight is 302 g/mol. The fourth-order valence-corrected chi connectivity index (χ4v) is 2.81. The van der Waals surface area contributed by atoms with E-state index in [1.807, 2.05) is 6.92 Å². The Morgan fingerprint density at radius 1 is 1.27 bits per heavy atom. The van der Waals surface area contributed by atoms with Crippen LogP contribution in [0, 0.1) is 6.92 Å². The Kier molecular flexibility index (Phi) is 4.04. The van der Waals surface area contributed by atoms with Crippen molar-refractivity contribution in [3.63, 3.8) is 0 Å². The third kappa shape index (κ3) is 3.24. The molecule has 0 aromatic carbocycles. The molecule has 2 heterocycles. The smallest absolute Gasteiger partial charge is 0.354 e. The molecule has 0 radical (unpaired) electrons. The molecule has 3 rings (SSSR count). The molecule has 2 aromatic rings. The van der Waals surface area contributed by atoms with Gasteiger partial charge in [-0.2, -0.15) is 4.98 Å². The van der Waals surface area contributed by atoms with Gasteiger partial charge in [0.25, 0.3) is 0 Å². The molecule has 0 saturated heterocycles. The Bertz CT molecular complexity index is 662. The normalized spacial score (nSPS) is 21.5. The Labute approximate surface area is 127 Å². The van der Waals surface area contributed by atoms with E-state index in [1.165, 1.54) is 6.07 Å². The average Bonchev–Trinajstić information content (AvgIpc) is 2.95. The molecule has 0 aliphatic heterocycles. The number of carboxylic acids is 1. The van der Waals surface area contributed by atoms with Crippen LogP contribution < -0.4 is 5.32 Å². The first-order valence-electron chi connectivity index (χ1n) is 7.39. The highest BCUT2D eigenvalue weighted by Gasteiger charge is 2.26. The van der Waals surface area contributed by atoms with E-state index >= 15 is 0 Å². The van der Waals surface area contributed by atoms with Gasteiger partial charge in [0.15, 0.2) is 11.5 Å². The predicted molar refractivity (Wildman–Crippen MR) is 78.9 cm³/mol. The number of nitrogens with zero attached hydrogens (tertiary/aromatic N) is 3. The van der Waals surface area contributed by atoms with Gasteiger partial charge in [0.1, 0.15) is 5.82 Å². The number of aromatic nitrogens is 3. The van der Waals surface area contributed by atoms with Crippen LogP contribution in [0.2, 0.25) is 0 Å². The Hall–Kier alpha value is -2.44. The highest BCUT2D eigenvalue weighted by molar-refractivity contribution is 5.85. The van der Waals surface area contributed by atoms with Crippen molar-refractivity contribution >= 4 is 11.8 Å². The summed E-state index contributed by atoms with van der Waals surface area (Å²) in [5.74, 6) is 1.31. The lowest BCUT2D eigenvalue weighted by molar-refractivity contribution is 0.0690. The second kappa shape index (κ2) is 6.13. The largest absolute Gasteiger partial charge is 0.477 e. The van der Waals surface area contributed by atoms with Gasteiger partial charge in [-0.05, 0) is 44.7 Å². The maximum atomic E-state index is 10.9. The van der Waals surface area contributed by atoms with E-state index in [-0.39, 0.29) is 11.7 Å². The van der Waals surface area contributed by atoms with Crippen molar-refractivity contribution in [2.45, 2.75) is 44.6 Å². The van der Waals surface area contributed by atoms with Crippen LogP contribution in [-0.4, -0.2) is 32.2 Å². The minimum atomic E-state index is -1.01. The van der Waals surface area contributed by atoms with Crippen LogP contribution in [0.5, 0.6) is 0 Å². The van der Waals surface area contributed by atoms with Gasteiger partial charge in [-0.25, -0.2) is 9.78 Å².